The second kappa shape index (κ2) is 6.65. The van der Waals surface area contributed by atoms with Gasteiger partial charge in [0.2, 0.25) is 5.91 Å². The predicted octanol–water partition coefficient (Wildman–Crippen LogP) is 0.677. The van der Waals surface area contributed by atoms with E-state index in [1.54, 1.807) is 36.2 Å². The Hall–Kier alpha value is -2.70. The minimum atomic E-state index is -0.956. The van der Waals surface area contributed by atoms with Gasteiger partial charge in [0.15, 0.2) is 0 Å². The molecule has 0 aliphatic rings. The summed E-state index contributed by atoms with van der Waals surface area (Å²) in [7, 11) is 1.68. The van der Waals surface area contributed by atoms with Crippen LogP contribution in [0.15, 0.2) is 36.9 Å². The molecular formula is C14H16N4O3. The third-order valence-corrected chi connectivity index (χ3v) is 3.15. The van der Waals surface area contributed by atoms with Crippen molar-refractivity contribution < 1.29 is 14.7 Å². The van der Waals surface area contributed by atoms with Gasteiger partial charge in [-0.2, -0.15) is 5.10 Å². The highest BCUT2D eigenvalue weighted by atomic mass is 16.4. The van der Waals surface area contributed by atoms with Crippen molar-refractivity contribution in [2.24, 2.45) is 0 Å². The number of amides is 1. The molecule has 0 saturated carbocycles. The number of aromatic carboxylic acids is 1. The number of carbonyl (C=O) groups is 2. The fourth-order valence-corrected chi connectivity index (χ4v) is 1.93. The maximum absolute atomic E-state index is 12.0. The van der Waals surface area contributed by atoms with Crippen LogP contribution in [-0.2, 0) is 17.8 Å². The van der Waals surface area contributed by atoms with Gasteiger partial charge >= 0.3 is 5.97 Å². The number of carboxylic acids is 1. The van der Waals surface area contributed by atoms with E-state index in [4.69, 9.17) is 5.11 Å². The maximum Gasteiger partial charge on any atom is 0.335 e. The Balaban J connectivity index is 1.93. The fraction of sp³-hybridized carbons (Fsp3) is 0.286. The highest BCUT2D eigenvalue weighted by Gasteiger charge is 2.13. The Morgan fingerprint density at radius 3 is 2.76 bits per heavy atom. The van der Waals surface area contributed by atoms with Crippen LogP contribution in [0.3, 0.4) is 0 Å². The van der Waals surface area contributed by atoms with Gasteiger partial charge in [0.1, 0.15) is 19.2 Å². The predicted molar refractivity (Wildman–Crippen MR) is 74.8 cm³/mol. The SMILES string of the molecule is CN(CCc1ccccc1C(=O)O)C(=O)Cn1cncn1. The Kier molecular flexibility index (Phi) is 4.65. The van der Waals surface area contributed by atoms with E-state index in [0.29, 0.717) is 18.5 Å². The molecule has 1 aromatic heterocycles. The molecule has 0 bridgehead atoms. The summed E-state index contributed by atoms with van der Waals surface area (Å²) < 4.78 is 1.45. The molecule has 0 saturated heterocycles. The lowest BCUT2D eigenvalue weighted by Gasteiger charge is -2.17. The molecule has 7 heteroatoms. The van der Waals surface area contributed by atoms with E-state index in [2.05, 4.69) is 10.1 Å². The van der Waals surface area contributed by atoms with Crippen molar-refractivity contribution >= 4 is 11.9 Å². The number of hydrogen-bond donors (Lipinski definition) is 1. The van der Waals surface area contributed by atoms with E-state index >= 15 is 0 Å². The number of benzene rings is 1. The molecule has 2 aromatic rings. The Bertz CT molecular complexity index is 625. The van der Waals surface area contributed by atoms with Crippen LogP contribution in [0.2, 0.25) is 0 Å². The van der Waals surface area contributed by atoms with Gasteiger partial charge < -0.3 is 10.0 Å². The van der Waals surface area contributed by atoms with Crippen molar-refractivity contribution in [2.75, 3.05) is 13.6 Å². The fourth-order valence-electron chi connectivity index (χ4n) is 1.93. The molecule has 21 heavy (non-hydrogen) atoms. The summed E-state index contributed by atoms with van der Waals surface area (Å²) in [4.78, 5) is 28.4. The first-order valence-corrected chi connectivity index (χ1v) is 6.45. The van der Waals surface area contributed by atoms with Gasteiger partial charge in [-0.05, 0) is 18.1 Å². The minimum Gasteiger partial charge on any atom is -0.478 e. The number of likely N-dealkylation sites (N-methyl/N-ethyl adjacent to an activating group) is 1. The molecule has 1 amide bonds. The maximum atomic E-state index is 12.0. The standard InChI is InChI=1S/C14H16N4O3/c1-17(13(19)8-18-10-15-9-16-18)7-6-11-4-2-3-5-12(11)14(20)21/h2-5,9-10H,6-8H2,1H3,(H,20,21). The van der Waals surface area contributed by atoms with E-state index in [9.17, 15) is 9.59 Å². The molecule has 0 unspecified atom stereocenters. The summed E-state index contributed by atoms with van der Waals surface area (Å²) in [6.45, 7) is 0.564. The summed E-state index contributed by atoms with van der Waals surface area (Å²) in [6.07, 6.45) is 3.34. The van der Waals surface area contributed by atoms with Crippen LogP contribution < -0.4 is 0 Å². The summed E-state index contributed by atoms with van der Waals surface area (Å²) in [5.41, 5.74) is 0.986. The van der Waals surface area contributed by atoms with Crippen molar-refractivity contribution in [2.45, 2.75) is 13.0 Å². The monoisotopic (exact) mass is 288 g/mol. The van der Waals surface area contributed by atoms with Gasteiger partial charge in [-0.25, -0.2) is 14.5 Å². The van der Waals surface area contributed by atoms with Crippen LogP contribution in [0.1, 0.15) is 15.9 Å². The molecule has 110 valence electrons. The van der Waals surface area contributed by atoms with E-state index in [-0.39, 0.29) is 18.0 Å². The number of carbonyl (C=O) groups excluding carboxylic acids is 1. The largest absolute Gasteiger partial charge is 0.478 e. The molecule has 7 nitrogen and oxygen atoms in total. The van der Waals surface area contributed by atoms with Crippen molar-refractivity contribution in [3.05, 3.63) is 48.0 Å². The Labute approximate surface area is 121 Å². The second-order valence-corrected chi connectivity index (χ2v) is 4.62. The van der Waals surface area contributed by atoms with E-state index in [1.807, 2.05) is 0 Å². The molecular weight excluding hydrogens is 272 g/mol. The zero-order chi connectivity index (χ0) is 15.2. The second-order valence-electron chi connectivity index (χ2n) is 4.62. The van der Waals surface area contributed by atoms with E-state index in [1.165, 1.54) is 17.3 Å². The highest BCUT2D eigenvalue weighted by molar-refractivity contribution is 5.89. The zero-order valence-corrected chi connectivity index (χ0v) is 11.6. The smallest absolute Gasteiger partial charge is 0.335 e. The lowest BCUT2D eigenvalue weighted by Crippen LogP contribution is -2.32. The van der Waals surface area contributed by atoms with E-state index in [0.717, 1.165) is 0 Å². The highest BCUT2D eigenvalue weighted by Crippen LogP contribution is 2.10. The third kappa shape index (κ3) is 3.88. The Morgan fingerprint density at radius 1 is 1.33 bits per heavy atom. The quantitative estimate of drug-likeness (QED) is 0.844. The third-order valence-electron chi connectivity index (χ3n) is 3.15. The van der Waals surface area contributed by atoms with Crippen LogP contribution in [0.5, 0.6) is 0 Å². The summed E-state index contributed by atoms with van der Waals surface area (Å²) >= 11 is 0. The van der Waals surface area contributed by atoms with E-state index < -0.39 is 5.97 Å². The minimum absolute atomic E-state index is 0.103. The molecule has 1 heterocycles. The van der Waals surface area contributed by atoms with Crippen LogP contribution in [0.4, 0.5) is 0 Å². The van der Waals surface area contributed by atoms with Gasteiger partial charge in [-0.1, -0.05) is 18.2 Å². The lowest BCUT2D eigenvalue weighted by atomic mass is 10.0. The van der Waals surface area contributed by atoms with Gasteiger partial charge in [0.25, 0.3) is 0 Å². The molecule has 1 N–H and O–H groups in total. The molecule has 0 aliphatic heterocycles. The van der Waals surface area contributed by atoms with Gasteiger partial charge in [-0.3, -0.25) is 4.79 Å². The zero-order valence-electron chi connectivity index (χ0n) is 11.6. The average molecular weight is 288 g/mol. The molecule has 0 fully saturated rings. The molecule has 0 atom stereocenters. The molecule has 1 aromatic carbocycles. The lowest BCUT2D eigenvalue weighted by molar-refractivity contribution is -0.130. The molecule has 0 aliphatic carbocycles. The number of rotatable bonds is 6. The first kappa shape index (κ1) is 14.7. The van der Waals surface area contributed by atoms with Crippen molar-refractivity contribution in [1.29, 1.82) is 0 Å². The topological polar surface area (TPSA) is 88.3 Å². The number of hydrogen-bond acceptors (Lipinski definition) is 4. The van der Waals surface area contributed by atoms with Crippen LogP contribution in [0.25, 0.3) is 0 Å². The van der Waals surface area contributed by atoms with Crippen molar-refractivity contribution in [3.8, 4) is 0 Å². The Morgan fingerprint density at radius 2 is 2.10 bits per heavy atom. The molecule has 0 spiro atoms. The van der Waals surface area contributed by atoms with Gasteiger partial charge in [0, 0.05) is 13.6 Å². The summed E-state index contributed by atoms with van der Waals surface area (Å²) in [6, 6.07) is 6.81. The van der Waals surface area contributed by atoms with Crippen LogP contribution in [0, 0.1) is 0 Å². The van der Waals surface area contributed by atoms with Gasteiger partial charge in [0.05, 0.1) is 5.56 Å². The first-order chi connectivity index (χ1) is 10.1. The number of nitrogens with zero attached hydrogens (tertiary/aromatic N) is 4. The number of carboxylic acid groups (broad SMARTS) is 1. The van der Waals surface area contributed by atoms with Crippen LogP contribution >= 0.6 is 0 Å². The normalized spacial score (nSPS) is 10.3. The van der Waals surface area contributed by atoms with Crippen molar-refractivity contribution in [1.82, 2.24) is 19.7 Å². The van der Waals surface area contributed by atoms with Gasteiger partial charge in [-0.15, -0.1) is 0 Å². The van der Waals surface area contributed by atoms with Crippen LogP contribution in [-0.4, -0.2) is 50.2 Å². The average Bonchev–Trinajstić information content (AvgIpc) is 2.97. The first-order valence-electron chi connectivity index (χ1n) is 6.45. The number of aromatic nitrogens is 3. The molecule has 2 rings (SSSR count). The summed E-state index contributed by atoms with van der Waals surface area (Å²) in [5.74, 6) is -1.06. The molecule has 0 radical (unpaired) electrons. The van der Waals surface area contributed by atoms with Crippen molar-refractivity contribution in [3.63, 3.8) is 0 Å². The summed E-state index contributed by atoms with van der Waals surface area (Å²) in [5, 5.41) is 13.0.